The fourth-order valence-electron chi connectivity index (χ4n) is 1.45. The normalized spacial score (nSPS) is 10.3. The Kier molecular flexibility index (Phi) is 3.44. The van der Waals surface area contributed by atoms with E-state index >= 15 is 0 Å². The summed E-state index contributed by atoms with van der Waals surface area (Å²) in [6.07, 6.45) is 1.56. The minimum Gasteiger partial charge on any atom is -0.290 e. The average molecular weight is 425 g/mol. The van der Waals surface area contributed by atoms with E-state index < -0.39 is 0 Å². The van der Waals surface area contributed by atoms with Gasteiger partial charge in [-0.3, -0.25) is 9.97 Å². The zero-order valence-corrected chi connectivity index (χ0v) is 12.3. The van der Waals surface area contributed by atoms with Crippen molar-refractivity contribution in [1.29, 1.82) is 0 Å². The summed E-state index contributed by atoms with van der Waals surface area (Å²) in [5.41, 5.74) is 1.94. The van der Waals surface area contributed by atoms with Crippen LogP contribution in [-0.2, 0) is 20.1 Å². The smallest absolute Gasteiger partial charge is 0.118 e. The number of hydrogen-bond acceptors (Lipinski definition) is 5. The Morgan fingerprint density at radius 2 is 2.25 bits per heavy atom. The van der Waals surface area contributed by atoms with Crippen LogP contribution in [0.2, 0.25) is 0 Å². The van der Waals surface area contributed by atoms with Crippen LogP contribution in [0, 0.1) is 13.0 Å². The number of aryl methyl sites for hydroxylation is 1. The van der Waals surface area contributed by atoms with Crippen LogP contribution in [0.4, 0.5) is 0 Å². The SMILES string of the molecule is Cc1nc2c(-c3ncns3)[c-]ccc2s1.[Ir]. The zero-order valence-electron chi connectivity index (χ0n) is 8.22. The van der Waals surface area contributed by atoms with Gasteiger partial charge in [-0.25, -0.2) is 0 Å². The van der Waals surface area contributed by atoms with Gasteiger partial charge in [-0.2, -0.15) is 4.37 Å². The maximum Gasteiger partial charge on any atom is 0.118 e. The van der Waals surface area contributed by atoms with E-state index in [2.05, 4.69) is 20.4 Å². The molecule has 16 heavy (non-hydrogen) atoms. The predicted octanol–water partition coefficient (Wildman–Crippen LogP) is 2.92. The van der Waals surface area contributed by atoms with Gasteiger partial charge in [-0.05, 0) is 11.6 Å². The van der Waals surface area contributed by atoms with E-state index in [1.807, 2.05) is 19.1 Å². The molecule has 0 fully saturated rings. The third kappa shape index (κ3) is 1.94. The Labute approximate surface area is 114 Å². The molecule has 0 aliphatic rings. The molecule has 2 heterocycles. The number of thiazole rings is 1. The molecule has 0 unspecified atom stereocenters. The quantitative estimate of drug-likeness (QED) is 0.564. The third-order valence-corrected chi connectivity index (χ3v) is 3.65. The van der Waals surface area contributed by atoms with Crippen LogP contribution in [0.15, 0.2) is 18.5 Å². The molecule has 0 N–H and O–H groups in total. The van der Waals surface area contributed by atoms with Crippen LogP contribution in [0.3, 0.4) is 0 Å². The van der Waals surface area contributed by atoms with Gasteiger partial charge in [0.1, 0.15) is 6.33 Å². The number of nitrogens with zero attached hydrogens (tertiary/aromatic N) is 3. The van der Waals surface area contributed by atoms with Gasteiger partial charge in [0.05, 0.1) is 10.0 Å². The second kappa shape index (κ2) is 4.67. The molecule has 1 radical (unpaired) electrons. The molecule has 1 aromatic carbocycles. The Balaban J connectivity index is 0.000000963. The molecule has 3 nitrogen and oxygen atoms in total. The van der Waals surface area contributed by atoms with Crippen molar-refractivity contribution in [2.45, 2.75) is 6.92 Å². The molecule has 0 saturated carbocycles. The van der Waals surface area contributed by atoms with E-state index in [1.165, 1.54) is 16.2 Å². The van der Waals surface area contributed by atoms with Crippen LogP contribution < -0.4 is 0 Å². The van der Waals surface area contributed by atoms with E-state index in [1.54, 1.807) is 17.7 Å². The van der Waals surface area contributed by atoms with Crippen molar-refractivity contribution in [2.24, 2.45) is 0 Å². The van der Waals surface area contributed by atoms with E-state index in [-0.39, 0.29) is 20.1 Å². The van der Waals surface area contributed by atoms with Gasteiger partial charge in [0, 0.05) is 25.6 Å². The Hall–Kier alpha value is -0.681. The van der Waals surface area contributed by atoms with Crippen molar-refractivity contribution in [3.8, 4) is 10.6 Å². The van der Waals surface area contributed by atoms with Crippen molar-refractivity contribution < 1.29 is 20.1 Å². The summed E-state index contributed by atoms with van der Waals surface area (Å²) in [6.45, 7) is 2.01. The molecule has 0 spiro atoms. The minimum atomic E-state index is 0. The molecular formula is C10H6IrN3S2-. The molecule has 0 aliphatic carbocycles. The second-order valence-corrected chi connectivity index (χ2v) is 5.06. The first-order valence-corrected chi connectivity index (χ1v) is 5.98. The van der Waals surface area contributed by atoms with Crippen LogP contribution in [0.1, 0.15) is 5.01 Å². The van der Waals surface area contributed by atoms with Gasteiger partial charge < -0.3 is 0 Å². The van der Waals surface area contributed by atoms with Crippen molar-refractivity contribution in [3.05, 3.63) is 29.5 Å². The number of benzene rings is 1. The maximum atomic E-state index is 4.50. The van der Waals surface area contributed by atoms with E-state index in [0.29, 0.717) is 0 Å². The maximum absolute atomic E-state index is 4.50. The molecule has 0 atom stereocenters. The minimum absolute atomic E-state index is 0. The fraction of sp³-hybridized carbons (Fsp3) is 0.100. The summed E-state index contributed by atoms with van der Waals surface area (Å²) in [6, 6.07) is 7.12. The van der Waals surface area contributed by atoms with E-state index in [9.17, 15) is 0 Å². The number of hydrogen-bond donors (Lipinski definition) is 0. The van der Waals surface area contributed by atoms with Gasteiger partial charge in [0.25, 0.3) is 0 Å². The molecule has 3 aromatic rings. The first-order valence-electron chi connectivity index (χ1n) is 4.39. The first kappa shape index (κ1) is 11.8. The molecule has 6 heteroatoms. The summed E-state index contributed by atoms with van der Waals surface area (Å²) in [7, 11) is 0. The number of rotatable bonds is 1. The average Bonchev–Trinajstić information content (AvgIpc) is 2.82. The number of fused-ring (bicyclic) bond motifs is 1. The van der Waals surface area contributed by atoms with Crippen LogP contribution in [0.25, 0.3) is 20.8 Å². The third-order valence-electron chi connectivity index (χ3n) is 2.03. The largest absolute Gasteiger partial charge is 0.290 e. The predicted molar refractivity (Wildman–Crippen MR) is 62.1 cm³/mol. The molecular weight excluding hydrogens is 418 g/mol. The standard InChI is InChI=1S/C10H6N3S2.Ir/c1-6-13-9-7(10-11-5-12-15-10)3-2-4-8(9)14-6;/h2,4-5H,1H3;/q-1;. The van der Waals surface area contributed by atoms with E-state index in [4.69, 9.17) is 0 Å². The topological polar surface area (TPSA) is 38.7 Å². The van der Waals surface area contributed by atoms with Crippen LogP contribution >= 0.6 is 22.9 Å². The van der Waals surface area contributed by atoms with Crippen LogP contribution in [-0.4, -0.2) is 14.3 Å². The summed E-state index contributed by atoms with van der Waals surface area (Å²) in [4.78, 5) is 8.68. The molecule has 3 rings (SSSR count). The van der Waals surface area contributed by atoms with Gasteiger partial charge in [-0.1, -0.05) is 17.1 Å². The second-order valence-electron chi connectivity index (χ2n) is 3.04. The van der Waals surface area contributed by atoms with Gasteiger partial charge in [0.2, 0.25) is 0 Å². The molecule has 0 aliphatic heterocycles. The molecule has 2 aromatic heterocycles. The summed E-state index contributed by atoms with van der Waals surface area (Å²) in [5, 5.41) is 1.95. The van der Waals surface area contributed by atoms with Crippen LogP contribution in [0.5, 0.6) is 0 Å². The van der Waals surface area contributed by atoms with Gasteiger partial charge in [0.15, 0.2) is 0 Å². The molecule has 0 amide bonds. The van der Waals surface area contributed by atoms with Crippen molar-refractivity contribution in [2.75, 3.05) is 0 Å². The fourth-order valence-corrected chi connectivity index (χ4v) is 2.82. The first-order chi connectivity index (χ1) is 7.34. The Morgan fingerprint density at radius 3 is 3.00 bits per heavy atom. The van der Waals surface area contributed by atoms with Gasteiger partial charge >= 0.3 is 0 Å². The molecule has 83 valence electrons. The Bertz CT molecular complexity index is 604. The molecule has 0 bridgehead atoms. The monoisotopic (exact) mass is 425 g/mol. The number of aromatic nitrogens is 3. The summed E-state index contributed by atoms with van der Waals surface area (Å²) < 4.78 is 5.18. The summed E-state index contributed by atoms with van der Waals surface area (Å²) >= 11 is 3.06. The van der Waals surface area contributed by atoms with Crippen molar-refractivity contribution in [1.82, 2.24) is 14.3 Å². The Morgan fingerprint density at radius 1 is 1.38 bits per heavy atom. The molecule has 0 saturated heterocycles. The van der Waals surface area contributed by atoms with Gasteiger partial charge in [-0.15, -0.1) is 29.5 Å². The van der Waals surface area contributed by atoms with Crippen molar-refractivity contribution >= 4 is 33.1 Å². The van der Waals surface area contributed by atoms with E-state index in [0.717, 1.165) is 21.1 Å². The zero-order chi connectivity index (χ0) is 10.3. The van der Waals surface area contributed by atoms with Crippen molar-refractivity contribution in [3.63, 3.8) is 0 Å². The summed E-state index contributed by atoms with van der Waals surface area (Å²) in [5.74, 6) is 0.